The molecule has 2 N–H and O–H groups in total. The Morgan fingerprint density at radius 3 is 2.43 bits per heavy atom. The highest BCUT2D eigenvalue weighted by Gasteiger charge is 2.34. The van der Waals surface area contributed by atoms with Gasteiger partial charge < -0.3 is 5.11 Å². The lowest BCUT2D eigenvalue weighted by atomic mass is 10.0. The molecule has 0 aliphatic carbocycles. The zero-order valence-electron chi connectivity index (χ0n) is 9.37. The minimum absolute atomic E-state index is 0.0387. The SMILES string of the molecule is CC1C(=O)NN(CCC(C)(C)O)C1C. The smallest absolute Gasteiger partial charge is 0.238 e. The molecule has 1 aliphatic heterocycles. The molecule has 1 saturated heterocycles. The molecule has 0 spiro atoms. The Morgan fingerprint density at radius 2 is 2.07 bits per heavy atom. The summed E-state index contributed by atoms with van der Waals surface area (Å²) < 4.78 is 0. The molecule has 0 aromatic carbocycles. The maximum absolute atomic E-state index is 11.3. The molecule has 1 heterocycles. The molecule has 14 heavy (non-hydrogen) atoms. The molecule has 1 rings (SSSR count). The van der Waals surface area contributed by atoms with E-state index in [1.165, 1.54) is 0 Å². The first-order valence-electron chi connectivity index (χ1n) is 5.11. The van der Waals surface area contributed by atoms with Crippen molar-refractivity contribution in [3.63, 3.8) is 0 Å². The fraction of sp³-hybridized carbons (Fsp3) is 0.900. The molecule has 2 atom stereocenters. The van der Waals surface area contributed by atoms with Gasteiger partial charge in [0.05, 0.1) is 11.5 Å². The second-order valence-corrected chi connectivity index (χ2v) is 4.76. The topological polar surface area (TPSA) is 52.6 Å². The predicted octanol–water partition coefficient (Wildman–Crippen LogP) is 0.519. The van der Waals surface area contributed by atoms with Crippen LogP contribution in [0.15, 0.2) is 0 Å². The van der Waals surface area contributed by atoms with Crippen LogP contribution in [0.25, 0.3) is 0 Å². The van der Waals surface area contributed by atoms with Gasteiger partial charge in [0, 0.05) is 12.6 Å². The summed E-state index contributed by atoms with van der Waals surface area (Å²) in [4.78, 5) is 11.3. The monoisotopic (exact) mass is 200 g/mol. The van der Waals surface area contributed by atoms with Gasteiger partial charge in [0.2, 0.25) is 5.91 Å². The van der Waals surface area contributed by atoms with Crippen molar-refractivity contribution >= 4 is 5.91 Å². The van der Waals surface area contributed by atoms with Crippen LogP contribution in [0.4, 0.5) is 0 Å². The van der Waals surface area contributed by atoms with Crippen LogP contribution in [0.1, 0.15) is 34.1 Å². The average Bonchev–Trinajstić information content (AvgIpc) is 2.28. The highest BCUT2D eigenvalue weighted by Crippen LogP contribution is 2.18. The van der Waals surface area contributed by atoms with Crippen LogP contribution >= 0.6 is 0 Å². The van der Waals surface area contributed by atoms with Crippen LogP contribution in [0.5, 0.6) is 0 Å². The summed E-state index contributed by atoms with van der Waals surface area (Å²) in [5, 5.41) is 11.5. The van der Waals surface area contributed by atoms with E-state index in [1.807, 2.05) is 18.9 Å². The first-order chi connectivity index (χ1) is 6.31. The van der Waals surface area contributed by atoms with Crippen molar-refractivity contribution in [3.05, 3.63) is 0 Å². The Kier molecular flexibility index (Phi) is 3.17. The Labute approximate surface area is 85.3 Å². The van der Waals surface area contributed by atoms with Crippen LogP contribution in [-0.2, 0) is 4.79 Å². The van der Waals surface area contributed by atoms with Crippen molar-refractivity contribution in [2.75, 3.05) is 6.54 Å². The minimum atomic E-state index is -0.670. The normalized spacial score (nSPS) is 29.4. The first-order valence-corrected chi connectivity index (χ1v) is 5.11. The molecule has 0 aromatic rings. The molecule has 1 amide bonds. The highest BCUT2D eigenvalue weighted by atomic mass is 16.3. The van der Waals surface area contributed by atoms with Crippen molar-refractivity contribution in [3.8, 4) is 0 Å². The van der Waals surface area contributed by atoms with E-state index in [2.05, 4.69) is 5.43 Å². The Bertz CT molecular complexity index is 223. The van der Waals surface area contributed by atoms with E-state index in [0.717, 1.165) is 0 Å². The van der Waals surface area contributed by atoms with Crippen molar-refractivity contribution in [2.45, 2.75) is 45.8 Å². The van der Waals surface area contributed by atoms with Crippen molar-refractivity contribution in [2.24, 2.45) is 5.92 Å². The molecule has 2 unspecified atom stereocenters. The number of nitrogens with zero attached hydrogens (tertiary/aromatic N) is 1. The maximum atomic E-state index is 11.3. The summed E-state index contributed by atoms with van der Waals surface area (Å²) in [6.07, 6.45) is 0.657. The molecule has 82 valence electrons. The summed E-state index contributed by atoms with van der Waals surface area (Å²) in [5.74, 6) is 0.116. The summed E-state index contributed by atoms with van der Waals surface area (Å²) in [6.45, 7) is 8.19. The number of carbonyl (C=O) groups is 1. The Morgan fingerprint density at radius 1 is 1.50 bits per heavy atom. The molecular formula is C10H20N2O2. The van der Waals surface area contributed by atoms with Crippen molar-refractivity contribution < 1.29 is 9.90 Å². The van der Waals surface area contributed by atoms with E-state index in [4.69, 9.17) is 0 Å². The number of amides is 1. The largest absolute Gasteiger partial charge is 0.390 e. The number of hydrazine groups is 1. The highest BCUT2D eigenvalue weighted by molar-refractivity contribution is 5.80. The van der Waals surface area contributed by atoms with E-state index in [-0.39, 0.29) is 17.9 Å². The Balaban J connectivity index is 2.44. The van der Waals surface area contributed by atoms with Gasteiger partial charge in [0.25, 0.3) is 0 Å². The minimum Gasteiger partial charge on any atom is -0.390 e. The van der Waals surface area contributed by atoms with Gasteiger partial charge in [-0.05, 0) is 27.2 Å². The number of hydrogen-bond acceptors (Lipinski definition) is 3. The zero-order valence-corrected chi connectivity index (χ0v) is 9.37. The molecular weight excluding hydrogens is 180 g/mol. The predicted molar refractivity (Wildman–Crippen MR) is 54.4 cm³/mol. The number of hydrogen-bond donors (Lipinski definition) is 2. The Hall–Kier alpha value is -0.610. The van der Waals surface area contributed by atoms with E-state index in [1.54, 1.807) is 13.8 Å². The molecule has 4 heteroatoms. The van der Waals surface area contributed by atoms with Crippen molar-refractivity contribution in [1.29, 1.82) is 0 Å². The third-order valence-corrected chi connectivity index (χ3v) is 2.85. The van der Waals surface area contributed by atoms with Crippen LogP contribution < -0.4 is 5.43 Å². The molecule has 0 aromatic heterocycles. The maximum Gasteiger partial charge on any atom is 0.238 e. The molecule has 1 aliphatic rings. The van der Waals surface area contributed by atoms with Gasteiger partial charge in [-0.3, -0.25) is 10.2 Å². The molecule has 0 bridgehead atoms. The third kappa shape index (κ3) is 2.69. The van der Waals surface area contributed by atoms with Gasteiger partial charge >= 0.3 is 0 Å². The van der Waals surface area contributed by atoms with E-state index in [9.17, 15) is 9.90 Å². The first kappa shape index (κ1) is 11.5. The standard InChI is InChI=1S/C10H20N2O2/c1-7-8(2)12(11-9(7)13)6-5-10(3,4)14/h7-8,14H,5-6H2,1-4H3,(H,11,13). The summed E-state index contributed by atoms with van der Waals surface area (Å²) in [7, 11) is 0. The van der Waals surface area contributed by atoms with Crippen LogP contribution in [0.2, 0.25) is 0 Å². The molecule has 0 saturated carbocycles. The van der Waals surface area contributed by atoms with Crippen LogP contribution in [0.3, 0.4) is 0 Å². The summed E-state index contributed by atoms with van der Waals surface area (Å²) >= 11 is 0. The lowest BCUT2D eigenvalue weighted by Crippen LogP contribution is -2.40. The van der Waals surface area contributed by atoms with E-state index >= 15 is 0 Å². The molecule has 4 nitrogen and oxygen atoms in total. The van der Waals surface area contributed by atoms with E-state index in [0.29, 0.717) is 13.0 Å². The van der Waals surface area contributed by atoms with Crippen LogP contribution in [0, 0.1) is 5.92 Å². The second-order valence-electron chi connectivity index (χ2n) is 4.76. The fourth-order valence-electron chi connectivity index (χ4n) is 1.49. The third-order valence-electron chi connectivity index (χ3n) is 2.85. The molecule has 1 fully saturated rings. The van der Waals surface area contributed by atoms with Gasteiger partial charge in [0.15, 0.2) is 0 Å². The van der Waals surface area contributed by atoms with Gasteiger partial charge in [-0.2, -0.15) is 0 Å². The van der Waals surface area contributed by atoms with Gasteiger partial charge in [-0.1, -0.05) is 6.92 Å². The quantitative estimate of drug-likeness (QED) is 0.698. The summed E-state index contributed by atoms with van der Waals surface area (Å²) in [5.41, 5.74) is 2.14. The van der Waals surface area contributed by atoms with Crippen molar-refractivity contribution in [1.82, 2.24) is 10.4 Å². The number of carbonyl (C=O) groups excluding carboxylic acids is 1. The fourth-order valence-corrected chi connectivity index (χ4v) is 1.49. The van der Waals surface area contributed by atoms with Gasteiger partial charge in [-0.15, -0.1) is 0 Å². The number of aliphatic hydroxyl groups is 1. The number of rotatable bonds is 3. The average molecular weight is 200 g/mol. The second kappa shape index (κ2) is 3.87. The lowest BCUT2D eigenvalue weighted by Gasteiger charge is -2.25. The molecule has 0 radical (unpaired) electrons. The lowest BCUT2D eigenvalue weighted by molar-refractivity contribution is -0.123. The number of nitrogens with one attached hydrogen (secondary N) is 1. The van der Waals surface area contributed by atoms with E-state index < -0.39 is 5.60 Å². The zero-order chi connectivity index (χ0) is 10.9. The van der Waals surface area contributed by atoms with Crippen LogP contribution in [-0.4, -0.2) is 34.2 Å². The van der Waals surface area contributed by atoms with Gasteiger partial charge in [-0.25, -0.2) is 5.01 Å². The summed E-state index contributed by atoms with van der Waals surface area (Å²) in [6, 6.07) is 0.213. The van der Waals surface area contributed by atoms with Gasteiger partial charge in [0.1, 0.15) is 0 Å².